The summed E-state index contributed by atoms with van der Waals surface area (Å²) in [5.74, 6) is 1.02. The number of allylic oxidation sites excluding steroid dienone is 1. The predicted molar refractivity (Wildman–Crippen MR) is 128 cm³/mol. The van der Waals surface area contributed by atoms with E-state index < -0.39 is 12.0 Å². The first-order chi connectivity index (χ1) is 16.5. The molecule has 0 amide bonds. The van der Waals surface area contributed by atoms with Crippen LogP contribution in [0, 0.1) is 0 Å². The van der Waals surface area contributed by atoms with Gasteiger partial charge >= 0.3 is 5.97 Å². The monoisotopic (exact) mass is 482 g/mol. The quantitative estimate of drug-likeness (QED) is 0.458. The topological polar surface area (TPSA) is 92.3 Å². The molecule has 0 unspecified atom stereocenters. The van der Waals surface area contributed by atoms with Crippen molar-refractivity contribution in [1.29, 1.82) is 0 Å². The van der Waals surface area contributed by atoms with E-state index in [4.69, 9.17) is 18.6 Å². The minimum Gasteiger partial charge on any atom is -0.493 e. The second-order valence-corrected chi connectivity index (χ2v) is 8.55. The van der Waals surface area contributed by atoms with E-state index >= 15 is 0 Å². The van der Waals surface area contributed by atoms with E-state index in [-0.39, 0.29) is 17.7 Å². The Kier molecular flexibility index (Phi) is 7.02. The third-order valence-electron chi connectivity index (χ3n) is 5.31. The summed E-state index contributed by atoms with van der Waals surface area (Å²) >= 11 is 1.23. The number of furan rings is 1. The van der Waals surface area contributed by atoms with Gasteiger partial charge in [0, 0.05) is 11.6 Å². The van der Waals surface area contributed by atoms with Crippen molar-refractivity contribution < 1.29 is 23.4 Å². The highest BCUT2D eigenvalue weighted by Gasteiger charge is 2.36. The number of ether oxygens (including phenoxy) is 3. The van der Waals surface area contributed by atoms with Gasteiger partial charge in [-0.25, -0.2) is 9.79 Å². The Morgan fingerprint density at radius 1 is 1.26 bits per heavy atom. The molecular formula is C25H26N2O6S. The Bertz CT molecular complexity index is 1400. The number of thiazole rings is 1. The van der Waals surface area contributed by atoms with E-state index in [1.807, 2.05) is 19.1 Å². The average molecular weight is 483 g/mol. The van der Waals surface area contributed by atoms with Crippen LogP contribution >= 0.6 is 11.3 Å². The number of aromatic nitrogens is 1. The largest absolute Gasteiger partial charge is 0.493 e. The van der Waals surface area contributed by atoms with Crippen LogP contribution in [-0.4, -0.2) is 30.9 Å². The molecule has 0 aliphatic carbocycles. The number of carbonyl (C=O) groups excluding carboxylic acids is 1. The molecule has 1 atom stereocenters. The first-order valence-corrected chi connectivity index (χ1v) is 11.8. The zero-order chi connectivity index (χ0) is 24.2. The van der Waals surface area contributed by atoms with E-state index in [9.17, 15) is 9.59 Å². The van der Waals surface area contributed by atoms with Gasteiger partial charge < -0.3 is 18.6 Å². The van der Waals surface area contributed by atoms with E-state index in [0.29, 0.717) is 44.5 Å². The molecule has 9 heteroatoms. The molecular weight excluding hydrogens is 456 g/mol. The zero-order valence-electron chi connectivity index (χ0n) is 19.5. The smallest absolute Gasteiger partial charge is 0.338 e. The van der Waals surface area contributed by atoms with Crippen molar-refractivity contribution in [2.24, 2.45) is 4.99 Å². The molecule has 0 saturated carbocycles. The average Bonchev–Trinajstić information content (AvgIpc) is 3.44. The third kappa shape index (κ3) is 4.31. The maximum absolute atomic E-state index is 13.6. The number of hydrogen-bond donors (Lipinski definition) is 0. The minimum absolute atomic E-state index is 0.197. The van der Waals surface area contributed by atoms with Crippen molar-refractivity contribution in [1.82, 2.24) is 4.57 Å². The third-order valence-corrected chi connectivity index (χ3v) is 6.29. The Labute approximate surface area is 200 Å². The Morgan fingerprint density at radius 2 is 2.09 bits per heavy atom. The molecule has 3 heterocycles. The number of nitrogens with zero attached hydrogens (tertiary/aromatic N) is 2. The fourth-order valence-corrected chi connectivity index (χ4v) is 4.88. The second kappa shape index (κ2) is 10.1. The van der Waals surface area contributed by atoms with Crippen molar-refractivity contribution in [2.75, 3.05) is 20.3 Å². The highest BCUT2D eigenvalue weighted by Crippen LogP contribution is 2.40. The molecule has 0 N–H and O–H groups in total. The highest BCUT2D eigenvalue weighted by atomic mass is 32.1. The van der Waals surface area contributed by atoms with Crippen LogP contribution in [0.15, 0.2) is 62.1 Å². The van der Waals surface area contributed by atoms with Crippen LogP contribution < -0.4 is 24.4 Å². The van der Waals surface area contributed by atoms with Crippen molar-refractivity contribution >= 4 is 23.4 Å². The molecule has 34 heavy (non-hydrogen) atoms. The number of esters is 1. The van der Waals surface area contributed by atoms with Gasteiger partial charge in [0.1, 0.15) is 11.8 Å². The molecule has 0 fully saturated rings. The van der Waals surface area contributed by atoms with Crippen molar-refractivity contribution in [3.63, 3.8) is 0 Å². The number of hydrogen-bond acceptors (Lipinski definition) is 8. The summed E-state index contributed by atoms with van der Waals surface area (Å²) in [5.41, 5.74) is 1.10. The first-order valence-electron chi connectivity index (χ1n) is 11.0. The lowest BCUT2D eigenvalue weighted by Crippen LogP contribution is -2.40. The van der Waals surface area contributed by atoms with Gasteiger partial charge in [-0.05, 0) is 38.5 Å². The van der Waals surface area contributed by atoms with Gasteiger partial charge in [0.2, 0.25) is 0 Å². The summed E-state index contributed by atoms with van der Waals surface area (Å²) in [6.45, 7) is 6.13. The molecule has 8 nitrogen and oxygen atoms in total. The maximum Gasteiger partial charge on any atom is 0.338 e. The zero-order valence-corrected chi connectivity index (χ0v) is 20.3. The van der Waals surface area contributed by atoms with Gasteiger partial charge in [0.05, 0.1) is 42.4 Å². The molecule has 1 aliphatic rings. The van der Waals surface area contributed by atoms with Crippen LogP contribution in [0.25, 0.3) is 6.08 Å². The fourth-order valence-electron chi connectivity index (χ4n) is 3.86. The number of rotatable bonds is 8. The lowest BCUT2D eigenvalue weighted by molar-refractivity contribution is -0.139. The molecule has 3 aromatic rings. The standard InChI is InChI=1S/C25H26N2O6S/c1-5-12-33-22-17(10-7-11-18(22)30-4)21-20(24(29)31-6-2)15(3)26-25-27(21)23(28)19(34-25)14-16-9-8-13-32-16/h7-11,13-14,21H,5-6,12H2,1-4H3/b19-14+/t21-/m0/s1. The number of carbonyl (C=O) groups is 1. The second-order valence-electron chi connectivity index (χ2n) is 7.54. The van der Waals surface area contributed by atoms with Crippen molar-refractivity contribution in [3.8, 4) is 11.5 Å². The molecule has 1 aromatic carbocycles. The summed E-state index contributed by atoms with van der Waals surface area (Å²) in [4.78, 5) is 31.8. The number of para-hydroxylation sites is 1. The first kappa shape index (κ1) is 23.6. The van der Waals surface area contributed by atoms with Gasteiger partial charge in [-0.2, -0.15) is 0 Å². The van der Waals surface area contributed by atoms with E-state index in [2.05, 4.69) is 4.99 Å². The highest BCUT2D eigenvalue weighted by molar-refractivity contribution is 7.07. The molecule has 0 radical (unpaired) electrons. The number of methoxy groups -OCH3 is 1. The molecule has 0 saturated heterocycles. The molecule has 4 rings (SSSR count). The molecule has 0 spiro atoms. The van der Waals surface area contributed by atoms with Crippen LogP contribution in [0.2, 0.25) is 0 Å². The SMILES string of the molecule is CCCOc1c(OC)cccc1[C@H]1C(C(=O)OCC)=C(C)N=c2s/c(=C/c3ccco3)c(=O)n21. The Hall–Kier alpha value is -3.59. The molecule has 0 bridgehead atoms. The summed E-state index contributed by atoms with van der Waals surface area (Å²) < 4.78 is 24.3. The summed E-state index contributed by atoms with van der Waals surface area (Å²) in [5, 5.41) is 0. The van der Waals surface area contributed by atoms with E-state index in [0.717, 1.165) is 6.42 Å². The predicted octanol–water partition coefficient (Wildman–Crippen LogP) is 3.19. The summed E-state index contributed by atoms with van der Waals surface area (Å²) in [6, 6.07) is 8.15. The summed E-state index contributed by atoms with van der Waals surface area (Å²) in [6.07, 6.45) is 4.00. The van der Waals surface area contributed by atoms with Crippen molar-refractivity contribution in [3.05, 3.63) is 78.9 Å². The molecule has 1 aliphatic heterocycles. The minimum atomic E-state index is -0.795. The number of fused-ring (bicyclic) bond motifs is 1. The molecule has 178 valence electrons. The Morgan fingerprint density at radius 3 is 2.76 bits per heavy atom. The lowest BCUT2D eigenvalue weighted by atomic mass is 9.94. The van der Waals surface area contributed by atoms with Gasteiger partial charge in [-0.3, -0.25) is 9.36 Å². The fraction of sp³-hybridized carbons (Fsp3) is 0.320. The lowest BCUT2D eigenvalue weighted by Gasteiger charge is -2.27. The van der Waals surface area contributed by atoms with Crippen LogP contribution in [0.5, 0.6) is 11.5 Å². The van der Waals surface area contributed by atoms with Crippen LogP contribution in [0.4, 0.5) is 0 Å². The number of benzene rings is 1. The molecule has 2 aromatic heterocycles. The van der Waals surface area contributed by atoms with Gasteiger partial charge in [0.25, 0.3) is 5.56 Å². The summed E-state index contributed by atoms with van der Waals surface area (Å²) in [7, 11) is 1.56. The van der Waals surface area contributed by atoms with Gasteiger partial charge in [-0.1, -0.05) is 30.4 Å². The van der Waals surface area contributed by atoms with Gasteiger partial charge in [0.15, 0.2) is 16.3 Å². The Balaban J connectivity index is 2.01. The normalized spacial score (nSPS) is 15.6. The van der Waals surface area contributed by atoms with Crippen LogP contribution in [0.1, 0.15) is 44.6 Å². The van der Waals surface area contributed by atoms with Crippen molar-refractivity contribution in [2.45, 2.75) is 33.2 Å². The van der Waals surface area contributed by atoms with Gasteiger partial charge in [-0.15, -0.1) is 0 Å². The van der Waals surface area contributed by atoms with E-state index in [1.165, 1.54) is 15.9 Å². The van der Waals surface area contributed by atoms with Crippen LogP contribution in [0.3, 0.4) is 0 Å². The van der Waals surface area contributed by atoms with Crippen LogP contribution in [-0.2, 0) is 9.53 Å². The maximum atomic E-state index is 13.6. The van der Waals surface area contributed by atoms with E-state index in [1.54, 1.807) is 51.5 Å².